The van der Waals surface area contributed by atoms with Gasteiger partial charge in [0, 0.05) is 25.2 Å². The molecular weight excluding hydrogens is 496 g/mol. The topological polar surface area (TPSA) is 159 Å². The summed E-state index contributed by atoms with van der Waals surface area (Å²) in [4.78, 5) is 30.5. The van der Waals surface area contributed by atoms with Crippen LogP contribution in [0.2, 0.25) is 0 Å². The predicted molar refractivity (Wildman–Crippen MR) is 135 cm³/mol. The number of benzene rings is 2. The monoisotopic (exact) mass is 526 g/mol. The summed E-state index contributed by atoms with van der Waals surface area (Å²) in [6.07, 6.45) is -0.953. The fourth-order valence-corrected chi connectivity index (χ4v) is 5.33. The standard InChI is InChI=1S/C26H30N4O8/c1-15-13-28(24(32)26(4)22(38-26)18-7-11-20(12-8-18)30(35)36)16(2)14-27(15)23(31)25(3)21(37-25)17-5-9-19(10-6-17)29(33)34/h5-12,15-16,21-22,33,35H,13-14H2,1-4H3/q-2/t15-,16-,21-,22-,25+,26+/m1/s1. The Balaban J connectivity index is 1.23. The summed E-state index contributed by atoms with van der Waals surface area (Å²) in [5.74, 6) is -0.345. The molecule has 6 atom stereocenters. The molecule has 0 aromatic heterocycles. The lowest BCUT2D eigenvalue weighted by molar-refractivity contribution is -0.151. The van der Waals surface area contributed by atoms with Gasteiger partial charge < -0.3 is 40.1 Å². The zero-order chi connectivity index (χ0) is 27.6. The van der Waals surface area contributed by atoms with E-state index < -0.39 is 23.4 Å². The normalized spacial score (nSPS) is 32.1. The van der Waals surface area contributed by atoms with E-state index >= 15 is 0 Å². The quantitative estimate of drug-likeness (QED) is 0.423. The minimum absolute atomic E-state index is 0.0810. The second kappa shape index (κ2) is 9.19. The number of epoxide rings is 2. The molecule has 12 nitrogen and oxygen atoms in total. The molecule has 5 rings (SSSR count). The van der Waals surface area contributed by atoms with Crippen molar-refractivity contribution in [1.29, 1.82) is 0 Å². The maximum absolute atomic E-state index is 13.5. The lowest BCUT2D eigenvalue weighted by Crippen LogP contribution is -2.62. The van der Waals surface area contributed by atoms with Crippen LogP contribution < -0.4 is 10.5 Å². The van der Waals surface area contributed by atoms with E-state index in [2.05, 4.69) is 0 Å². The van der Waals surface area contributed by atoms with Gasteiger partial charge in [-0.3, -0.25) is 20.0 Å². The summed E-state index contributed by atoms with van der Waals surface area (Å²) in [6, 6.07) is 11.9. The van der Waals surface area contributed by atoms with Gasteiger partial charge in [-0.15, -0.1) is 0 Å². The molecule has 3 fully saturated rings. The lowest BCUT2D eigenvalue weighted by Gasteiger charge is -2.45. The number of rotatable bonds is 6. The largest absolute Gasteiger partial charge is 0.733 e. The third-order valence-electron chi connectivity index (χ3n) is 7.80. The number of carbonyl (C=O) groups is 2. The second-order valence-corrected chi connectivity index (χ2v) is 10.6. The van der Waals surface area contributed by atoms with Gasteiger partial charge in [0.1, 0.15) is 12.2 Å². The third-order valence-corrected chi connectivity index (χ3v) is 7.80. The molecule has 3 aliphatic heterocycles. The lowest BCUT2D eigenvalue weighted by atomic mass is 9.95. The molecule has 0 bridgehead atoms. The van der Waals surface area contributed by atoms with Crippen LogP contribution in [0.25, 0.3) is 0 Å². The smallest absolute Gasteiger partial charge is 0.258 e. The number of hydrogen-bond donors (Lipinski definition) is 2. The summed E-state index contributed by atoms with van der Waals surface area (Å²) in [5.41, 5.74) is -0.513. The molecule has 0 radical (unpaired) electrons. The van der Waals surface area contributed by atoms with E-state index in [9.17, 15) is 20.0 Å². The maximum Gasteiger partial charge on any atom is 0.258 e. The molecule has 3 saturated heterocycles. The number of anilines is 2. The molecule has 2 aromatic rings. The molecule has 12 heteroatoms. The number of carbonyl (C=O) groups excluding carboxylic acids is 2. The van der Waals surface area contributed by atoms with E-state index in [0.29, 0.717) is 13.1 Å². The maximum atomic E-state index is 13.5. The van der Waals surface area contributed by atoms with Crippen LogP contribution in [-0.4, -0.2) is 68.4 Å². The Morgan fingerprint density at radius 3 is 1.37 bits per heavy atom. The van der Waals surface area contributed by atoms with Gasteiger partial charge in [0.25, 0.3) is 11.8 Å². The van der Waals surface area contributed by atoms with Crippen molar-refractivity contribution in [3.63, 3.8) is 0 Å². The highest BCUT2D eigenvalue weighted by atomic mass is 16.8. The second-order valence-electron chi connectivity index (χ2n) is 10.6. The van der Waals surface area contributed by atoms with Gasteiger partial charge >= 0.3 is 0 Å². The highest BCUT2D eigenvalue weighted by Crippen LogP contribution is 2.52. The molecule has 2 amide bonds. The first-order valence-electron chi connectivity index (χ1n) is 12.4. The first-order valence-corrected chi connectivity index (χ1v) is 12.4. The summed E-state index contributed by atoms with van der Waals surface area (Å²) in [5, 5.41) is 39.7. The molecule has 38 heavy (non-hydrogen) atoms. The van der Waals surface area contributed by atoms with Crippen LogP contribution in [0.15, 0.2) is 48.5 Å². The summed E-state index contributed by atoms with van der Waals surface area (Å²) < 4.78 is 11.7. The minimum atomic E-state index is -1.06. The van der Waals surface area contributed by atoms with Crippen LogP contribution in [-0.2, 0) is 19.1 Å². The van der Waals surface area contributed by atoms with Gasteiger partial charge in [-0.2, -0.15) is 0 Å². The van der Waals surface area contributed by atoms with E-state index in [1.165, 1.54) is 24.3 Å². The molecule has 2 N–H and O–H groups in total. The molecule has 204 valence electrons. The Hall–Kier alpha value is -3.26. The Kier molecular flexibility index (Phi) is 6.37. The number of piperazine rings is 1. The third kappa shape index (κ3) is 4.38. The number of hydrogen-bond acceptors (Lipinski definition) is 10. The van der Waals surface area contributed by atoms with Crippen molar-refractivity contribution < 1.29 is 29.5 Å². The molecule has 3 aliphatic rings. The fraction of sp³-hybridized carbons (Fsp3) is 0.462. The van der Waals surface area contributed by atoms with E-state index in [1.54, 1.807) is 47.9 Å². The SMILES string of the molecule is C[C@@H]1CN(C(=O)[C@@]2(C)O[C@@H]2c2ccc(N([O-])O)cc2)[C@H](C)CN1C(=O)[C@@]1(C)O[C@@H]1c1ccc(N([O-])O)cc1. The van der Waals surface area contributed by atoms with E-state index in [-0.39, 0.29) is 45.7 Å². The van der Waals surface area contributed by atoms with Gasteiger partial charge in [-0.25, -0.2) is 0 Å². The zero-order valence-corrected chi connectivity index (χ0v) is 21.5. The van der Waals surface area contributed by atoms with Crippen molar-refractivity contribution >= 4 is 23.2 Å². The van der Waals surface area contributed by atoms with E-state index in [1.807, 2.05) is 13.8 Å². The molecule has 0 spiro atoms. The summed E-state index contributed by atoms with van der Waals surface area (Å²) >= 11 is 0. The highest BCUT2D eigenvalue weighted by Gasteiger charge is 2.63. The summed E-state index contributed by atoms with van der Waals surface area (Å²) in [6.45, 7) is 7.90. The van der Waals surface area contributed by atoms with Crippen molar-refractivity contribution in [1.82, 2.24) is 9.80 Å². The van der Waals surface area contributed by atoms with Crippen LogP contribution in [0.5, 0.6) is 0 Å². The van der Waals surface area contributed by atoms with E-state index in [0.717, 1.165) is 11.1 Å². The molecule has 0 saturated carbocycles. The van der Waals surface area contributed by atoms with Gasteiger partial charge in [0.05, 0.1) is 11.4 Å². The van der Waals surface area contributed by atoms with Gasteiger partial charge in [0.2, 0.25) is 0 Å². The first kappa shape index (κ1) is 26.4. The van der Waals surface area contributed by atoms with Crippen LogP contribution in [0.1, 0.15) is 51.0 Å². The number of amides is 2. The van der Waals surface area contributed by atoms with E-state index in [4.69, 9.17) is 19.9 Å². The molecule has 0 unspecified atom stereocenters. The Morgan fingerprint density at radius 1 is 0.763 bits per heavy atom. The van der Waals surface area contributed by atoms with Crippen molar-refractivity contribution in [2.45, 2.75) is 63.2 Å². The van der Waals surface area contributed by atoms with Crippen molar-refractivity contribution in [3.05, 3.63) is 70.1 Å². The minimum Gasteiger partial charge on any atom is -0.733 e. The zero-order valence-electron chi connectivity index (χ0n) is 21.5. The molecular formula is C26H30N4O8-2. The Morgan fingerprint density at radius 2 is 1.08 bits per heavy atom. The number of nitrogens with zero attached hydrogens (tertiary/aromatic N) is 4. The highest BCUT2D eigenvalue weighted by molar-refractivity contribution is 5.91. The van der Waals surface area contributed by atoms with Gasteiger partial charge in [0.15, 0.2) is 11.2 Å². The van der Waals surface area contributed by atoms with Crippen molar-refractivity contribution in [3.8, 4) is 0 Å². The molecule has 2 aromatic carbocycles. The van der Waals surface area contributed by atoms with Gasteiger partial charge in [-0.05, 0) is 63.1 Å². The average molecular weight is 527 g/mol. The number of ether oxygens (including phenoxy) is 2. The van der Waals surface area contributed by atoms with Crippen molar-refractivity contribution in [2.24, 2.45) is 0 Å². The summed E-state index contributed by atoms with van der Waals surface area (Å²) in [7, 11) is 0. The molecule has 0 aliphatic carbocycles. The fourth-order valence-electron chi connectivity index (χ4n) is 5.33. The Labute approximate surface area is 219 Å². The van der Waals surface area contributed by atoms with Crippen LogP contribution in [0, 0.1) is 10.4 Å². The average Bonchev–Trinajstić information content (AvgIpc) is 3.79. The first-order chi connectivity index (χ1) is 17.9. The van der Waals surface area contributed by atoms with Crippen LogP contribution in [0.4, 0.5) is 11.4 Å². The van der Waals surface area contributed by atoms with Crippen LogP contribution in [0.3, 0.4) is 0 Å². The molecule has 3 heterocycles. The van der Waals surface area contributed by atoms with Gasteiger partial charge in [-0.1, -0.05) is 24.3 Å². The Bertz CT molecular complexity index is 1130. The predicted octanol–water partition coefficient (Wildman–Crippen LogP) is 2.88. The van der Waals surface area contributed by atoms with Crippen LogP contribution >= 0.6 is 0 Å². The van der Waals surface area contributed by atoms with Crippen molar-refractivity contribution in [2.75, 3.05) is 23.5 Å².